The maximum Gasteiger partial charge on any atom is 0.324 e. The molecule has 1 aliphatic heterocycles. The van der Waals surface area contributed by atoms with Crippen LogP contribution < -0.4 is 5.32 Å². The molecule has 33 heavy (non-hydrogen) atoms. The van der Waals surface area contributed by atoms with Gasteiger partial charge in [-0.25, -0.2) is 4.79 Å². The largest absolute Gasteiger partial charge is 0.339 e. The summed E-state index contributed by atoms with van der Waals surface area (Å²) >= 11 is 1.68. The van der Waals surface area contributed by atoms with Crippen molar-refractivity contribution in [3.8, 4) is 11.4 Å². The molecule has 0 spiro atoms. The summed E-state index contributed by atoms with van der Waals surface area (Å²) in [6, 6.07) is 17.4. The minimum atomic E-state index is -0.307. The summed E-state index contributed by atoms with van der Waals surface area (Å²) in [6.45, 7) is 0.393. The summed E-state index contributed by atoms with van der Waals surface area (Å²) in [7, 11) is 0. The highest BCUT2D eigenvalue weighted by atomic mass is 32.2. The molecule has 1 aromatic heterocycles. The molecule has 5 rings (SSSR count). The van der Waals surface area contributed by atoms with Crippen LogP contribution in [0.2, 0.25) is 0 Å². The molecule has 2 fully saturated rings. The first-order valence-electron chi connectivity index (χ1n) is 11.3. The Morgan fingerprint density at radius 2 is 1.88 bits per heavy atom. The van der Waals surface area contributed by atoms with Crippen molar-refractivity contribution in [1.29, 1.82) is 0 Å². The van der Waals surface area contributed by atoms with Gasteiger partial charge in [0.1, 0.15) is 0 Å². The Morgan fingerprint density at radius 1 is 1.09 bits per heavy atom. The zero-order chi connectivity index (χ0) is 22.8. The molecule has 1 saturated carbocycles. The Kier molecular flexibility index (Phi) is 6.17. The summed E-state index contributed by atoms with van der Waals surface area (Å²) in [6.07, 6.45) is 4.79. The third-order valence-corrected chi connectivity index (χ3v) is 7.34. The van der Waals surface area contributed by atoms with Crippen molar-refractivity contribution in [1.82, 2.24) is 20.4 Å². The van der Waals surface area contributed by atoms with Gasteiger partial charge in [0.2, 0.25) is 17.6 Å². The molecule has 3 aromatic rings. The van der Waals surface area contributed by atoms with Crippen molar-refractivity contribution in [2.75, 3.05) is 12.8 Å². The summed E-state index contributed by atoms with van der Waals surface area (Å²) in [5.41, 5.74) is 2.02. The Labute approximate surface area is 196 Å². The number of urea groups is 1. The van der Waals surface area contributed by atoms with Crippen LogP contribution in [0, 0.1) is 5.92 Å². The number of hydrogen-bond donors (Lipinski definition) is 1. The van der Waals surface area contributed by atoms with Crippen molar-refractivity contribution in [2.45, 2.75) is 42.5 Å². The van der Waals surface area contributed by atoms with Gasteiger partial charge in [0, 0.05) is 29.0 Å². The first-order chi connectivity index (χ1) is 16.1. The fourth-order valence-electron chi connectivity index (χ4n) is 4.74. The fraction of sp³-hybridized carbons (Fsp3) is 0.360. The standard InChI is InChI=1S/C25H26N4O3S/c1-33-19-10-7-17(8-11-19)22-27-23(32-28-22)18-9-12-20-21(15-18)26-25(31)29(24(20)30)14-13-16-5-3-2-4-6-16/h2-8,10-11,18,20-21H,9,12-15H2,1H3,(H,26,31). The lowest BCUT2D eigenvalue weighted by Gasteiger charge is -2.41. The van der Waals surface area contributed by atoms with Gasteiger partial charge in [0.05, 0.1) is 5.92 Å². The lowest BCUT2D eigenvalue weighted by molar-refractivity contribution is -0.136. The molecule has 1 aliphatic carbocycles. The van der Waals surface area contributed by atoms with Gasteiger partial charge in [0.25, 0.3) is 0 Å². The van der Waals surface area contributed by atoms with Crippen LogP contribution in [0.1, 0.15) is 36.6 Å². The molecule has 1 saturated heterocycles. The van der Waals surface area contributed by atoms with Crippen LogP contribution in [-0.2, 0) is 11.2 Å². The zero-order valence-corrected chi connectivity index (χ0v) is 19.3. The van der Waals surface area contributed by atoms with E-state index >= 15 is 0 Å². The average molecular weight is 463 g/mol. The van der Waals surface area contributed by atoms with Crippen molar-refractivity contribution in [3.05, 3.63) is 66.1 Å². The summed E-state index contributed by atoms with van der Waals surface area (Å²) in [5.74, 6) is 0.901. The monoisotopic (exact) mass is 462 g/mol. The van der Waals surface area contributed by atoms with Gasteiger partial charge < -0.3 is 9.84 Å². The predicted molar refractivity (Wildman–Crippen MR) is 126 cm³/mol. The normalized spacial score (nSPS) is 22.7. The van der Waals surface area contributed by atoms with Crippen molar-refractivity contribution < 1.29 is 14.1 Å². The SMILES string of the molecule is CSc1ccc(-c2noc(C3CCC4C(=O)N(CCc5ccccc5)C(=O)NC4C3)n2)cc1. The van der Waals surface area contributed by atoms with Crippen LogP contribution in [0.5, 0.6) is 0 Å². The first-order valence-corrected chi connectivity index (χ1v) is 12.5. The maximum absolute atomic E-state index is 13.1. The molecule has 2 aliphatic rings. The molecule has 3 atom stereocenters. The smallest absolute Gasteiger partial charge is 0.324 e. The number of hydrogen-bond acceptors (Lipinski definition) is 6. The lowest BCUT2D eigenvalue weighted by Crippen LogP contribution is -2.61. The van der Waals surface area contributed by atoms with Crippen molar-refractivity contribution in [2.24, 2.45) is 5.92 Å². The summed E-state index contributed by atoms with van der Waals surface area (Å²) < 4.78 is 5.58. The number of aromatic nitrogens is 2. The molecule has 8 heteroatoms. The highest BCUT2D eigenvalue weighted by Crippen LogP contribution is 2.38. The van der Waals surface area contributed by atoms with Gasteiger partial charge in [-0.1, -0.05) is 35.5 Å². The average Bonchev–Trinajstić information content (AvgIpc) is 3.35. The highest BCUT2D eigenvalue weighted by Gasteiger charge is 2.45. The number of carbonyl (C=O) groups is 2. The Morgan fingerprint density at radius 3 is 2.64 bits per heavy atom. The second-order valence-corrected chi connectivity index (χ2v) is 9.46. The van der Waals surface area contributed by atoms with E-state index in [0.29, 0.717) is 37.5 Å². The zero-order valence-electron chi connectivity index (χ0n) is 18.4. The van der Waals surface area contributed by atoms with Crippen LogP contribution in [0.3, 0.4) is 0 Å². The van der Waals surface area contributed by atoms with Crippen LogP contribution >= 0.6 is 11.8 Å². The van der Waals surface area contributed by atoms with Gasteiger partial charge >= 0.3 is 6.03 Å². The molecule has 0 bridgehead atoms. The van der Waals surface area contributed by atoms with E-state index in [1.54, 1.807) is 11.8 Å². The van der Waals surface area contributed by atoms with Crippen LogP contribution in [0.4, 0.5) is 4.79 Å². The lowest BCUT2D eigenvalue weighted by atomic mass is 9.76. The van der Waals surface area contributed by atoms with E-state index < -0.39 is 0 Å². The fourth-order valence-corrected chi connectivity index (χ4v) is 5.15. The number of nitrogens with zero attached hydrogens (tertiary/aromatic N) is 3. The van der Waals surface area contributed by atoms with E-state index in [0.717, 1.165) is 17.5 Å². The van der Waals surface area contributed by atoms with Gasteiger partial charge in [0.15, 0.2) is 0 Å². The highest BCUT2D eigenvalue weighted by molar-refractivity contribution is 7.98. The van der Waals surface area contributed by atoms with Gasteiger partial charge in [-0.15, -0.1) is 11.8 Å². The molecule has 2 aromatic carbocycles. The quantitative estimate of drug-likeness (QED) is 0.543. The van der Waals surface area contributed by atoms with E-state index in [1.807, 2.05) is 60.9 Å². The van der Waals surface area contributed by atoms with Crippen molar-refractivity contribution in [3.63, 3.8) is 0 Å². The molecule has 7 nitrogen and oxygen atoms in total. The predicted octanol–water partition coefficient (Wildman–Crippen LogP) is 4.51. The number of imide groups is 1. The Hall–Kier alpha value is -3.13. The topological polar surface area (TPSA) is 88.3 Å². The Balaban J connectivity index is 1.23. The summed E-state index contributed by atoms with van der Waals surface area (Å²) in [4.78, 5) is 33.0. The molecule has 3 amide bonds. The van der Waals surface area contributed by atoms with Gasteiger partial charge in [-0.3, -0.25) is 9.69 Å². The number of fused-ring (bicyclic) bond motifs is 1. The molecule has 0 radical (unpaired) electrons. The number of amides is 3. The van der Waals surface area contributed by atoms with E-state index in [9.17, 15) is 9.59 Å². The second kappa shape index (κ2) is 9.39. The van der Waals surface area contributed by atoms with Gasteiger partial charge in [-0.05, 0) is 61.8 Å². The third kappa shape index (κ3) is 4.53. The first kappa shape index (κ1) is 21.7. The number of carbonyl (C=O) groups excluding carboxylic acids is 2. The minimum Gasteiger partial charge on any atom is -0.339 e. The van der Waals surface area contributed by atoms with Crippen LogP contribution in [0.25, 0.3) is 11.4 Å². The number of thioether (sulfide) groups is 1. The van der Waals surface area contributed by atoms with Crippen molar-refractivity contribution >= 4 is 23.7 Å². The van der Waals surface area contributed by atoms with Crippen LogP contribution in [-0.4, -0.2) is 45.8 Å². The second-order valence-electron chi connectivity index (χ2n) is 8.58. The number of nitrogens with one attached hydrogen (secondary N) is 1. The van der Waals surface area contributed by atoms with E-state index in [4.69, 9.17) is 4.52 Å². The molecule has 1 N–H and O–H groups in total. The molecular formula is C25H26N4O3S. The van der Waals surface area contributed by atoms with E-state index in [-0.39, 0.29) is 29.8 Å². The van der Waals surface area contributed by atoms with Crippen LogP contribution in [0.15, 0.2) is 64.0 Å². The number of benzene rings is 2. The number of rotatable bonds is 6. The minimum absolute atomic E-state index is 0.0296. The molecule has 3 unspecified atom stereocenters. The van der Waals surface area contributed by atoms with E-state index in [1.165, 1.54) is 9.80 Å². The molecule has 2 heterocycles. The molecular weight excluding hydrogens is 436 g/mol. The molecule has 170 valence electrons. The maximum atomic E-state index is 13.1. The summed E-state index contributed by atoms with van der Waals surface area (Å²) in [5, 5.41) is 7.22. The van der Waals surface area contributed by atoms with Gasteiger partial charge in [-0.2, -0.15) is 4.98 Å². The third-order valence-electron chi connectivity index (χ3n) is 6.59. The Bertz CT molecular complexity index is 1130. The van der Waals surface area contributed by atoms with E-state index in [2.05, 4.69) is 15.5 Å².